The lowest BCUT2D eigenvalue weighted by atomic mass is 10.2. The van der Waals surface area contributed by atoms with E-state index < -0.39 is 0 Å². The molecule has 2 rings (SSSR count). The van der Waals surface area contributed by atoms with Gasteiger partial charge >= 0.3 is 5.69 Å². The van der Waals surface area contributed by atoms with Crippen molar-refractivity contribution in [2.45, 2.75) is 26.4 Å². The molecule has 1 aliphatic rings. The normalized spacial score (nSPS) is 16.2. The summed E-state index contributed by atoms with van der Waals surface area (Å²) < 4.78 is 16.7. The van der Waals surface area contributed by atoms with Gasteiger partial charge in [0.25, 0.3) is 0 Å². The lowest BCUT2D eigenvalue weighted by molar-refractivity contribution is 0.122. The fourth-order valence-corrected chi connectivity index (χ4v) is 2.23. The second-order valence-corrected chi connectivity index (χ2v) is 5.03. The summed E-state index contributed by atoms with van der Waals surface area (Å²) in [7, 11) is 1.56. The number of nitrogens with zero attached hydrogens (tertiary/aromatic N) is 3. The Bertz CT molecular complexity index is 522. The fourth-order valence-electron chi connectivity index (χ4n) is 2.23. The van der Waals surface area contributed by atoms with Crippen LogP contribution in [0.25, 0.3) is 4.98 Å². The summed E-state index contributed by atoms with van der Waals surface area (Å²) in [6.07, 6.45) is 0.991. The molecule has 21 heavy (non-hydrogen) atoms. The molecule has 114 valence electrons. The summed E-state index contributed by atoms with van der Waals surface area (Å²) in [5.41, 5.74) is 1.32. The molecule has 6 heteroatoms. The second-order valence-electron chi connectivity index (χ2n) is 5.03. The maximum absolute atomic E-state index is 9.12. The fraction of sp³-hybridized carbons (Fsp3) is 0.600. The van der Waals surface area contributed by atoms with Crippen LogP contribution in [0, 0.1) is 5.39 Å². The molecule has 6 nitrogen and oxygen atoms in total. The van der Waals surface area contributed by atoms with Crippen molar-refractivity contribution in [2.75, 3.05) is 38.3 Å². The van der Waals surface area contributed by atoms with Crippen LogP contribution in [0.15, 0.2) is 12.1 Å². The van der Waals surface area contributed by atoms with Crippen molar-refractivity contribution in [3.05, 3.63) is 17.1 Å². The monoisotopic (exact) mass is 292 g/mol. The van der Waals surface area contributed by atoms with Crippen molar-refractivity contribution in [2.24, 2.45) is 0 Å². The Morgan fingerprint density at radius 3 is 2.62 bits per heavy atom. The molecule has 0 amide bonds. The Balaban J connectivity index is 2.40. The van der Waals surface area contributed by atoms with E-state index in [9.17, 15) is 0 Å². The van der Waals surface area contributed by atoms with Crippen LogP contribution >= 0.6 is 0 Å². The highest BCUT2D eigenvalue weighted by Gasteiger charge is 2.25. The van der Waals surface area contributed by atoms with Gasteiger partial charge in [0.05, 0.1) is 38.2 Å². The lowest BCUT2D eigenvalue weighted by Gasteiger charge is -2.30. The topological polar surface area (TPSA) is 59.1 Å². The Morgan fingerprint density at radius 2 is 2.05 bits per heavy atom. The van der Waals surface area contributed by atoms with E-state index in [0.29, 0.717) is 30.4 Å². The molecule has 0 saturated carbocycles. The zero-order valence-electron chi connectivity index (χ0n) is 12.8. The maximum atomic E-state index is 9.12. The Morgan fingerprint density at radius 1 is 1.33 bits per heavy atom. The van der Waals surface area contributed by atoms with E-state index in [0.717, 1.165) is 25.2 Å². The zero-order chi connectivity index (χ0) is 15.2. The third-order valence-corrected chi connectivity index (χ3v) is 3.62. The standard InChI is InChI=1S/C15H22N3O3/c1-4-11(2)21-15-9-12(17-16)14(19-3)10-13(15)18-5-7-20-8-6-18/h9-11H,4-8H2,1-3H3/q+1. The molecule has 1 aromatic rings. The van der Waals surface area contributed by atoms with E-state index in [4.69, 9.17) is 19.6 Å². The predicted octanol–water partition coefficient (Wildman–Crippen LogP) is 3.19. The summed E-state index contributed by atoms with van der Waals surface area (Å²) in [5, 5.41) is 9.12. The van der Waals surface area contributed by atoms with Crippen LogP contribution in [0.2, 0.25) is 0 Å². The van der Waals surface area contributed by atoms with Gasteiger partial charge in [0, 0.05) is 19.2 Å². The number of hydrogen-bond donors (Lipinski definition) is 0. The van der Waals surface area contributed by atoms with Crippen LogP contribution in [0.4, 0.5) is 11.4 Å². The van der Waals surface area contributed by atoms with Gasteiger partial charge in [-0.3, -0.25) is 0 Å². The highest BCUT2D eigenvalue weighted by molar-refractivity contribution is 5.72. The first kappa shape index (κ1) is 15.4. The van der Waals surface area contributed by atoms with E-state index in [1.54, 1.807) is 13.2 Å². The largest absolute Gasteiger partial charge is 0.489 e. The maximum Gasteiger partial charge on any atom is 0.430 e. The molecule has 0 aliphatic carbocycles. The van der Waals surface area contributed by atoms with Crippen LogP contribution in [-0.2, 0) is 4.74 Å². The molecule has 1 saturated heterocycles. The summed E-state index contributed by atoms with van der Waals surface area (Å²) in [4.78, 5) is 5.47. The second kappa shape index (κ2) is 7.14. The van der Waals surface area contributed by atoms with Gasteiger partial charge in [-0.05, 0) is 13.3 Å². The molecular weight excluding hydrogens is 270 g/mol. The molecule has 0 spiro atoms. The van der Waals surface area contributed by atoms with Gasteiger partial charge in [-0.1, -0.05) is 6.92 Å². The third kappa shape index (κ3) is 3.56. The number of morpholine rings is 1. The lowest BCUT2D eigenvalue weighted by Crippen LogP contribution is -2.36. The van der Waals surface area contributed by atoms with Crippen molar-refractivity contribution in [3.8, 4) is 11.5 Å². The summed E-state index contributed by atoms with van der Waals surface area (Å²) in [6.45, 7) is 7.07. The summed E-state index contributed by atoms with van der Waals surface area (Å²) in [5.74, 6) is 1.23. The zero-order valence-corrected chi connectivity index (χ0v) is 12.8. The first-order valence-electron chi connectivity index (χ1n) is 7.26. The van der Waals surface area contributed by atoms with Gasteiger partial charge in [-0.25, -0.2) is 0 Å². The average Bonchev–Trinajstić information content (AvgIpc) is 2.55. The molecule has 0 bridgehead atoms. The smallest absolute Gasteiger partial charge is 0.430 e. The molecule has 0 N–H and O–H groups in total. The highest BCUT2D eigenvalue weighted by atomic mass is 16.5. The molecule has 1 aromatic carbocycles. The SMILES string of the molecule is CCC(C)Oc1cc([N+]#N)c(OC)cc1N1CCOCC1. The van der Waals surface area contributed by atoms with Crippen molar-refractivity contribution in [3.63, 3.8) is 0 Å². The van der Waals surface area contributed by atoms with E-state index in [1.807, 2.05) is 13.0 Å². The van der Waals surface area contributed by atoms with Crippen molar-refractivity contribution in [1.82, 2.24) is 0 Å². The number of anilines is 1. The van der Waals surface area contributed by atoms with Gasteiger partial charge in [-0.15, -0.1) is 0 Å². The molecule has 1 fully saturated rings. The minimum atomic E-state index is 0.0877. The van der Waals surface area contributed by atoms with E-state index in [2.05, 4.69) is 16.8 Å². The summed E-state index contributed by atoms with van der Waals surface area (Å²) in [6, 6.07) is 3.58. The summed E-state index contributed by atoms with van der Waals surface area (Å²) >= 11 is 0. The van der Waals surface area contributed by atoms with Crippen LogP contribution in [0.3, 0.4) is 0 Å². The third-order valence-electron chi connectivity index (χ3n) is 3.62. The quantitative estimate of drug-likeness (QED) is 0.780. The van der Waals surface area contributed by atoms with Gasteiger partial charge < -0.3 is 19.1 Å². The van der Waals surface area contributed by atoms with Crippen LogP contribution in [0.5, 0.6) is 11.5 Å². The minimum Gasteiger partial charge on any atom is -0.489 e. The molecule has 1 heterocycles. The average molecular weight is 292 g/mol. The first-order valence-corrected chi connectivity index (χ1v) is 7.26. The Kier molecular flexibility index (Phi) is 5.23. The Labute approximate surface area is 125 Å². The van der Waals surface area contributed by atoms with Crippen molar-refractivity contribution < 1.29 is 14.2 Å². The number of rotatable bonds is 5. The van der Waals surface area contributed by atoms with Gasteiger partial charge in [0.1, 0.15) is 0 Å². The van der Waals surface area contributed by atoms with Crippen LogP contribution in [0.1, 0.15) is 20.3 Å². The molecule has 0 radical (unpaired) electrons. The van der Waals surface area contributed by atoms with Crippen molar-refractivity contribution >= 4 is 11.4 Å². The van der Waals surface area contributed by atoms with Crippen LogP contribution in [-0.4, -0.2) is 39.5 Å². The van der Waals surface area contributed by atoms with Crippen molar-refractivity contribution in [1.29, 1.82) is 5.39 Å². The highest BCUT2D eigenvalue weighted by Crippen LogP contribution is 2.40. The number of ether oxygens (including phenoxy) is 3. The Hall–Kier alpha value is -2.00. The number of hydrogen-bond acceptors (Lipinski definition) is 5. The first-order chi connectivity index (χ1) is 10.2. The van der Waals surface area contributed by atoms with E-state index >= 15 is 0 Å². The number of benzene rings is 1. The predicted molar refractivity (Wildman–Crippen MR) is 81.2 cm³/mol. The molecule has 1 atom stereocenters. The van der Waals surface area contributed by atoms with E-state index in [-0.39, 0.29) is 6.10 Å². The van der Waals surface area contributed by atoms with Gasteiger partial charge in [0.2, 0.25) is 11.1 Å². The number of diazo groups is 1. The van der Waals surface area contributed by atoms with Gasteiger partial charge in [0.15, 0.2) is 10.7 Å². The van der Waals surface area contributed by atoms with Crippen LogP contribution < -0.4 is 14.4 Å². The molecular formula is C15H22N3O3+. The molecule has 1 aliphatic heterocycles. The minimum absolute atomic E-state index is 0.0877. The van der Waals surface area contributed by atoms with E-state index in [1.165, 1.54) is 0 Å². The molecule has 0 aromatic heterocycles. The number of methoxy groups -OCH3 is 1. The molecule has 1 unspecified atom stereocenters. The van der Waals surface area contributed by atoms with Gasteiger partial charge in [-0.2, -0.15) is 0 Å².